The van der Waals surface area contributed by atoms with E-state index >= 15 is 0 Å². The summed E-state index contributed by atoms with van der Waals surface area (Å²) in [6, 6.07) is 66.9. The molecule has 1 aromatic heterocycles. The number of rotatable bonds is 4. The quantitative estimate of drug-likeness (QED) is 0.137. The molecule has 250 valence electrons. The molecule has 0 aliphatic rings. The molecule has 0 atom stereocenters. The van der Waals surface area contributed by atoms with Crippen LogP contribution < -0.4 is 0 Å². The molecule has 0 bridgehead atoms. The van der Waals surface area contributed by atoms with Gasteiger partial charge in [-0.2, -0.15) is 0 Å². The summed E-state index contributed by atoms with van der Waals surface area (Å²) in [5, 5.41) is 14.6. The largest absolute Gasteiger partial charge is 0.208 e. The van der Waals surface area contributed by atoms with Crippen molar-refractivity contribution >= 4 is 64.6 Å². The lowest BCUT2D eigenvalue weighted by Gasteiger charge is -2.16. The number of benzene rings is 10. The van der Waals surface area contributed by atoms with Crippen molar-refractivity contribution in [3.63, 3.8) is 0 Å². The van der Waals surface area contributed by atoms with E-state index in [2.05, 4.69) is 170 Å². The minimum Gasteiger partial charge on any atom is -0.208 e. The highest BCUT2D eigenvalue weighted by atomic mass is 15.0. The van der Waals surface area contributed by atoms with Gasteiger partial charge in [-0.25, -0.2) is 15.0 Å². The first-order valence-corrected chi connectivity index (χ1v) is 18.4. The molecule has 0 N–H and O–H groups in total. The summed E-state index contributed by atoms with van der Waals surface area (Å²) in [5.74, 6) is 1.94. The second kappa shape index (κ2) is 12.2. The third-order valence-electron chi connectivity index (χ3n) is 10.9. The van der Waals surface area contributed by atoms with Crippen LogP contribution in [0.25, 0.3) is 110 Å². The smallest absolute Gasteiger partial charge is 0.164 e. The molecule has 0 aliphatic heterocycles. The average molecular weight is 686 g/mol. The van der Waals surface area contributed by atoms with Crippen LogP contribution in [-0.4, -0.2) is 15.0 Å². The third-order valence-corrected chi connectivity index (χ3v) is 10.9. The Labute approximate surface area is 311 Å². The highest BCUT2D eigenvalue weighted by Crippen LogP contribution is 2.43. The summed E-state index contributed by atoms with van der Waals surface area (Å²) < 4.78 is 0. The molecule has 0 radical (unpaired) electrons. The van der Waals surface area contributed by atoms with Crippen molar-refractivity contribution < 1.29 is 0 Å². The van der Waals surface area contributed by atoms with Gasteiger partial charge >= 0.3 is 0 Å². The summed E-state index contributed by atoms with van der Waals surface area (Å²) in [5.41, 5.74) is 5.26. The highest BCUT2D eigenvalue weighted by Gasteiger charge is 2.19. The number of fused-ring (bicyclic) bond motifs is 10. The predicted octanol–water partition coefficient (Wildman–Crippen LogP) is 13.5. The average Bonchev–Trinajstić information content (AvgIpc) is 3.25. The van der Waals surface area contributed by atoms with Gasteiger partial charge in [0.15, 0.2) is 17.5 Å². The molecule has 0 saturated carbocycles. The van der Waals surface area contributed by atoms with Crippen molar-refractivity contribution in [1.29, 1.82) is 0 Å². The predicted molar refractivity (Wildman–Crippen MR) is 227 cm³/mol. The lowest BCUT2D eigenvalue weighted by molar-refractivity contribution is 1.08. The Hall–Kier alpha value is -7.23. The lowest BCUT2D eigenvalue weighted by Crippen LogP contribution is -2.01. The molecule has 11 aromatic rings. The van der Waals surface area contributed by atoms with Gasteiger partial charge in [0.25, 0.3) is 0 Å². The number of hydrogen-bond acceptors (Lipinski definition) is 3. The normalized spacial score (nSPS) is 11.7. The van der Waals surface area contributed by atoms with Gasteiger partial charge in [-0.1, -0.05) is 176 Å². The molecule has 10 aromatic carbocycles. The minimum absolute atomic E-state index is 0.640. The second-order valence-corrected chi connectivity index (χ2v) is 13.9. The van der Waals surface area contributed by atoms with Gasteiger partial charge in [-0.15, -0.1) is 0 Å². The molecule has 11 rings (SSSR count). The molecule has 3 nitrogen and oxygen atoms in total. The monoisotopic (exact) mass is 685 g/mol. The number of nitrogens with zero attached hydrogens (tertiary/aromatic N) is 3. The first-order chi connectivity index (χ1) is 26.8. The Morgan fingerprint density at radius 1 is 0.259 bits per heavy atom. The number of aromatic nitrogens is 3. The zero-order chi connectivity index (χ0) is 35.6. The zero-order valence-corrected chi connectivity index (χ0v) is 29.2. The fourth-order valence-electron chi connectivity index (χ4n) is 8.40. The molecule has 0 spiro atoms. The molecule has 3 heteroatoms. The Balaban J connectivity index is 1.15. The van der Waals surface area contributed by atoms with Crippen LogP contribution in [0.3, 0.4) is 0 Å². The third kappa shape index (κ3) is 4.79. The van der Waals surface area contributed by atoms with E-state index in [0.717, 1.165) is 27.6 Å². The van der Waals surface area contributed by atoms with E-state index in [1.165, 1.54) is 64.8 Å². The fourth-order valence-corrected chi connectivity index (χ4v) is 8.40. The van der Waals surface area contributed by atoms with Crippen LogP contribution in [0.1, 0.15) is 0 Å². The van der Waals surface area contributed by atoms with Crippen molar-refractivity contribution in [1.82, 2.24) is 15.0 Å². The fraction of sp³-hybridized carbons (Fsp3) is 0. The van der Waals surface area contributed by atoms with Gasteiger partial charge in [-0.05, 0) is 87.9 Å². The molecular weight excluding hydrogens is 655 g/mol. The number of hydrogen-bond donors (Lipinski definition) is 0. The molecule has 0 aliphatic carbocycles. The summed E-state index contributed by atoms with van der Waals surface area (Å²) >= 11 is 0. The second-order valence-electron chi connectivity index (χ2n) is 13.9. The summed E-state index contributed by atoms with van der Waals surface area (Å²) in [6.07, 6.45) is 0. The maximum absolute atomic E-state index is 5.28. The van der Waals surface area contributed by atoms with Gasteiger partial charge in [0.2, 0.25) is 0 Å². The van der Waals surface area contributed by atoms with Crippen molar-refractivity contribution in [2.24, 2.45) is 0 Å². The van der Waals surface area contributed by atoms with Crippen LogP contribution in [0.5, 0.6) is 0 Å². The Kier molecular flexibility index (Phi) is 6.86. The van der Waals surface area contributed by atoms with E-state index in [-0.39, 0.29) is 0 Å². The summed E-state index contributed by atoms with van der Waals surface area (Å²) in [6.45, 7) is 0. The van der Waals surface area contributed by atoms with E-state index in [1.54, 1.807) is 0 Å². The molecule has 0 saturated heterocycles. The first kappa shape index (κ1) is 30.4. The van der Waals surface area contributed by atoms with E-state index in [9.17, 15) is 0 Å². The van der Waals surface area contributed by atoms with Gasteiger partial charge < -0.3 is 0 Å². The van der Waals surface area contributed by atoms with Crippen LogP contribution in [-0.2, 0) is 0 Å². The van der Waals surface area contributed by atoms with Crippen LogP contribution in [0.2, 0.25) is 0 Å². The van der Waals surface area contributed by atoms with Gasteiger partial charge in [0, 0.05) is 16.7 Å². The molecular formula is C51H31N3. The van der Waals surface area contributed by atoms with E-state index < -0.39 is 0 Å². The van der Waals surface area contributed by atoms with Gasteiger partial charge in [0.1, 0.15) is 0 Å². The van der Waals surface area contributed by atoms with Gasteiger partial charge in [0.05, 0.1) is 0 Å². The first-order valence-electron chi connectivity index (χ1n) is 18.4. The van der Waals surface area contributed by atoms with Crippen molar-refractivity contribution in [2.75, 3.05) is 0 Å². The Bertz CT molecular complexity index is 3200. The minimum atomic E-state index is 0.640. The zero-order valence-electron chi connectivity index (χ0n) is 29.2. The summed E-state index contributed by atoms with van der Waals surface area (Å²) in [4.78, 5) is 15.6. The van der Waals surface area contributed by atoms with E-state index in [0.29, 0.717) is 17.5 Å². The molecule has 54 heavy (non-hydrogen) atoms. The van der Waals surface area contributed by atoms with Crippen molar-refractivity contribution in [3.05, 3.63) is 188 Å². The molecule has 0 fully saturated rings. The van der Waals surface area contributed by atoms with E-state index in [4.69, 9.17) is 15.0 Å². The highest BCUT2D eigenvalue weighted by molar-refractivity contribution is 6.32. The molecule has 1 heterocycles. The Morgan fingerprint density at radius 2 is 0.667 bits per heavy atom. The van der Waals surface area contributed by atoms with Crippen LogP contribution in [0.4, 0.5) is 0 Å². The standard InChI is InChI=1S/C51H31N3/c1-2-14-33(15-3-1)49-52-50(34-28-26-32(27-29-34)47-37-18-6-4-16-35(37)30-36-17-5-7-19-38(36)47)54-51(53-49)46-31-45-41-22-9-8-20-39(41)40-21-10-12-24-43(40)48(45)44-25-13-11-23-42(44)46/h1-31H. The lowest BCUT2D eigenvalue weighted by atomic mass is 9.89. The maximum Gasteiger partial charge on any atom is 0.164 e. The molecule has 0 unspecified atom stereocenters. The van der Waals surface area contributed by atoms with Crippen LogP contribution in [0.15, 0.2) is 188 Å². The topological polar surface area (TPSA) is 38.7 Å². The van der Waals surface area contributed by atoms with Crippen molar-refractivity contribution in [3.8, 4) is 45.3 Å². The van der Waals surface area contributed by atoms with Gasteiger partial charge in [-0.3, -0.25) is 0 Å². The summed E-state index contributed by atoms with van der Waals surface area (Å²) in [7, 11) is 0. The SMILES string of the molecule is c1ccc(-c2nc(-c3ccc(-c4c5ccccc5cc5ccccc45)cc3)nc(-c3cc4c5ccccc5c5ccccc5c4c4ccccc34)n2)cc1. The Morgan fingerprint density at radius 3 is 1.28 bits per heavy atom. The van der Waals surface area contributed by atoms with Crippen LogP contribution >= 0.6 is 0 Å². The maximum atomic E-state index is 5.28. The molecule has 0 amide bonds. The van der Waals surface area contributed by atoms with Crippen LogP contribution in [0, 0.1) is 0 Å². The van der Waals surface area contributed by atoms with Crippen molar-refractivity contribution in [2.45, 2.75) is 0 Å². The van der Waals surface area contributed by atoms with E-state index in [1.807, 2.05) is 18.2 Å².